The molecule has 0 unspecified atom stereocenters. The molecule has 2 aromatic rings. The van der Waals surface area contributed by atoms with Crippen molar-refractivity contribution in [2.75, 3.05) is 26.2 Å². The Morgan fingerprint density at radius 3 is 2.28 bits per heavy atom. The number of nitrogens with zero attached hydrogens (tertiary/aromatic N) is 2. The van der Waals surface area contributed by atoms with Crippen LogP contribution in [0.15, 0.2) is 54.6 Å². The number of carbonyl (C=O) groups is 2. The lowest BCUT2D eigenvalue weighted by Gasteiger charge is -2.52. The fraction of sp³-hybridized carbons (Fsp3) is 0.576. The van der Waals surface area contributed by atoms with Gasteiger partial charge in [0.2, 0.25) is 11.8 Å². The average molecular weight is 532 g/mol. The van der Waals surface area contributed by atoms with Gasteiger partial charge in [0.1, 0.15) is 23.1 Å². The number of para-hydroxylation sites is 1. The van der Waals surface area contributed by atoms with E-state index in [4.69, 9.17) is 4.74 Å². The molecule has 2 heterocycles. The van der Waals surface area contributed by atoms with E-state index in [-0.39, 0.29) is 17.9 Å². The van der Waals surface area contributed by atoms with Gasteiger partial charge in [-0.3, -0.25) is 9.59 Å². The Morgan fingerprint density at radius 1 is 0.897 bits per heavy atom. The fourth-order valence-electron chi connectivity index (χ4n) is 6.71. The van der Waals surface area contributed by atoms with Crippen molar-refractivity contribution in [3.8, 4) is 11.5 Å². The molecule has 1 N–H and O–H groups in total. The van der Waals surface area contributed by atoms with E-state index >= 15 is 0 Å². The number of piperazine rings is 1. The van der Waals surface area contributed by atoms with Gasteiger partial charge in [-0.1, -0.05) is 75.8 Å². The lowest BCUT2D eigenvalue weighted by molar-refractivity contribution is -0.161. The maximum absolute atomic E-state index is 13.7. The van der Waals surface area contributed by atoms with E-state index in [1.807, 2.05) is 47.4 Å². The predicted molar refractivity (Wildman–Crippen MR) is 155 cm³/mol. The Hall–Kier alpha value is -2.86. The van der Waals surface area contributed by atoms with Crippen LogP contribution in [0.2, 0.25) is 0 Å². The van der Waals surface area contributed by atoms with Gasteiger partial charge in [-0.15, -0.1) is 0 Å². The summed E-state index contributed by atoms with van der Waals surface area (Å²) in [6.07, 6.45) is 11.4. The topological polar surface area (TPSA) is 61.9 Å². The Morgan fingerprint density at radius 2 is 1.59 bits per heavy atom. The number of piperidine rings is 1. The summed E-state index contributed by atoms with van der Waals surface area (Å²) < 4.78 is 5.92. The molecule has 6 heteroatoms. The molecule has 2 aliphatic heterocycles. The number of carbonyl (C=O) groups excluding carboxylic acids is 2. The predicted octanol–water partition coefficient (Wildman–Crippen LogP) is 5.95. The first kappa shape index (κ1) is 27.7. The summed E-state index contributed by atoms with van der Waals surface area (Å²) in [4.78, 5) is 31.9. The van der Waals surface area contributed by atoms with Gasteiger partial charge in [0.15, 0.2) is 0 Å². The molecule has 1 saturated carbocycles. The minimum atomic E-state index is -0.678. The zero-order valence-corrected chi connectivity index (χ0v) is 23.6. The molecule has 0 radical (unpaired) electrons. The number of benzene rings is 2. The third kappa shape index (κ3) is 6.66. The molecular weight excluding hydrogens is 486 g/mol. The molecule has 2 aromatic carbocycles. The molecule has 1 aliphatic carbocycles. The Balaban J connectivity index is 1.16. The lowest BCUT2D eigenvalue weighted by Crippen LogP contribution is -2.73. The van der Waals surface area contributed by atoms with Crippen LogP contribution in [-0.2, 0) is 16.0 Å². The second-order valence-electron chi connectivity index (χ2n) is 11.8. The van der Waals surface area contributed by atoms with Crippen LogP contribution < -0.4 is 10.1 Å². The molecule has 3 aliphatic rings. The number of nitrogens with one attached hydrogen (secondary N) is 1. The standard InChI is InChI=1S/C33H45N3O3/c1-2-3-21-36-31(37)30(25-27-10-6-4-7-11-27)34-32(38)33(36)19-23-35(24-20-33)22-18-26-14-16-29(17-15-26)39-28-12-8-5-9-13-28/h5,8-9,12-17,27,30H,2-4,6-7,10-11,18-25H2,1H3,(H,34,38)/t30-/m0/s1. The Kier molecular flexibility index (Phi) is 9.23. The van der Waals surface area contributed by atoms with Crippen LogP contribution in [0.3, 0.4) is 0 Å². The highest BCUT2D eigenvalue weighted by Crippen LogP contribution is 2.36. The Labute approximate surface area is 234 Å². The van der Waals surface area contributed by atoms with E-state index in [0.717, 1.165) is 56.8 Å². The first-order valence-electron chi connectivity index (χ1n) is 15.2. The molecule has 6 nitrogen and oxygen atoms in total. The van der Waals surface area contributed by atoms with Crippen molar-refractivity contribution in [2.45, 2.75) is 89.1 Å². The number of ether oxygens (including phenoxy) is 1. The monoisotopic (exact) mass is 531 g/mol. The molecule has 1 spiro atoms. The average Bonchev–Trinajstić information content (AvgIpc) is 2.97. The summed E-state index contributed by atoms with van der Waals surface area (Å²) in [6.45, 7) is 5.48. The number of rotatable bonds is 10. The van der Waals surface area contributed by atoms with Gasteiger partial charge in [-0.25, -0.2) is 0 Å². The van der Waals surface area contributed by atoms with Crippen LogP contribution in [0.4, 0.5) is 0 Å². The van der Waals surface area contributed by atoms with E-state index in [9.17, 15) is 9.59 Å². The highest BCUT2D eigenvalue weighted by atomic mass is 16.5. The molecule has 1 atom stereocenters. The molecular formula is C33H45N3O3. The second-order valence-corrected chi connectivity index (χ2v) is 11.8. The molecule has 210 valence electrons. The summed E-state index contributed by atoms with van der Waals surface area (Å²) in [6, 6.07) is 17.8. The van der Waals surface area contributed by atoms with Gasteiger partial charge >= 0.3 is 0 Å². The van der Waals surface area contributed by atoms with Crippen LogP contribution in [0.25, 0.3) is 0 Å². The first-order chi connectivity index (χ1) is 19.1. The van der Waals surface area contributed by atoms with Crippen molar-refractivity contribution in [1.29, 1.82) is 0 Å². The minimum Gasteiger partial charge on any atom is -0.457 e. The summed E-state index contributed by atoms with van der Waals surface area (Å²) in [5.41, 5.74) is 0.596. The van der Waals surface area contributed by atoms with Gasteiger partial charge in [0.05, 0.1) is 0 Å². The van der Waals surface area contributed by atoms with Crippen molar-refractivity contribution in [3.05, 3.63) is 60.2 Å². The van der Waals surface area contributed by atoms with Gasteiger partial charge < -0.3 is 19.9 Å². The summed E-state index contributed by atoms with van der Waals surface area (Å²) in [7, 11) is 0. The van der Waals surface area contributed by atoms with Crippen molar-refractivity contribution in [3.63, 3.8) is 0 Å². The number of amides is 2. The van der Waals surface area contributed by atoms with E-state index < -0.39 is 5.54 Å². The van der Waals surface area contributed by atoms with Crippen LogP contribution >= 0.6 is 0 Å². The molecule has 3 fully saturated rings. The van der Waals surface area contributed by atoms with E-state index in [2.05, 4.69) is 29.3 Å². The molecule has 0 aromatic heterocycles. The van der Waals surface area contributed by atoms with Crippen LogP contribution in [0.5, 0.6) is 11.5 Å². The fourth-order valence-corrected chi connectivity index (χ4v) is 6.71. The molecule has 5 rings (SSSR count). The summed E-state index contributed by atoms with van der Waals surface area (Å²) in [5.74, 6) is 2.50. The van der Waals surface area contributed by atoms with Gasteiger partial charge in [-0.2, -0.15) is 0 Å². The summed E-state index contributed by atoms with van der Waals surface area (Å²) in [5, 5.41) is 3.22. The van der Waals surface area contributed by atoms with Crippen molar-refractivity contribution < 1.29 is 14.3 Å². The van der Waals surface area contributed by atoms with E-state index in [1.54, 1.807) is 0 Å². The molecule has 0 bridgehead atoms. The normalized spacial score (nSPS) is 22.2. The smallest absolute Gasteiger partial charge is 0.246 e. The second kappa shape index (κ2) is 13.0. The first-order valence-corrected chi connectivity index (χ1v) is 15.2. The zero-order chi connectivity index (χ0) is 27.1. The highest BCUT2D eigenvalue weighted by molar-refractivity contribution is 6.00. The van der Waals surface area contributed by atoms with Gasteiger partial charge in [0, 0.05) is 26.2 Å². The largest absolute Gasteiger partial charge is 0.457 e. The van der Waals surface area contributed by atoms with E-state index in [1.165, 1.54) is 37.7 Å². The lowest BCUT2D eigenvalue weighted by atomic mass is 9.79. The zero-order valence-electron chi connectivity index (χ0n) is 23.6. The number of hydrogen-bond acceptors (Lipinski definition) is 4. The molecule has 39 heavy (non-hydrogen) atoms. The maximum Gasteiger partial charge on any atom is 0.246 e. The van der Waals surface area contributed by atoms with Crippen molar-refractivity contribution in [2.24, 2.45) is 5.92 Å². The number of likely N-dealkylation sites (tertiary alicyclic amines) is 1. The summed E-state index contributed by atoms with van der Waals surface area (Å²) >= 11 is 0. The molecule has 2 amide bonds. The maximum atomic E-state index is 13.7. The number of hydrogen-bond donors (Lipinski definition) is 1. The van der Waals surface area contributed by atoms with E-state index in [0.29, 0.717) is 25.3 Å². The third-order valence-electron chi connectivity index (χ3n) is 9.14. The minimum absolute atomic E-state index is 0.0904. The molecule has 2 saturated heterocycles. The highest BCUT2D eigenvalue weighted by Gasteiger charge is 2.53. The Bertz CT molecular complexity index is 1070. The third-order valence-corrected chi connectivity index (χ3v) is 9.14. The quantitative estimate of drug-likeness (QED) is 0.411. The van der Waals surface area contributed by atoms with Crippen molar-refractivity contribution in [1.82, 2.24) is 15.1 Å². The van der Waals surface area contributed by atoms with Crippen molar-refractivity contribution >= 4 is 11.8 Å². The van der Waals surface area contributed by atoms with Crippen LogP contribution in [0.1, 0.15) is 76.7 Å². The SMILES string of the molecule is CCCCN1C(=O)[C@H](CC2CCCCC2)NC(=O)C12CCN(CCc1ccc(Oc3ccccc3)cc1)CC2. The van der Waals surface area contributed by atoms with Gasteiger partial charge in [0.25, 0.3) is 0 Å². The van der Waals surface area contributed by atoms with Crippen LogP contribution in [0, 0.1) is 5.92 Å². The number of unbranched alkanes of at least 4 members (excludes halogenated alkanes) is 1. The van der Waals surface area contributed by atoms with Crippen LogP contribution in [-0.4, -0.2) is 59.4 Å². The van der Waals surface area contributed by atoms with Gasteiger partial charge in [-0.05, 0) is 67.9 Å².